The van der Waals surface area contributed by atoms with Gasteiger partial charge in [0, 0.05) is 11.3 Å². The highest BCUT2D eigenvalue weighted by atomic mass is 32.2. The molecule has 1 rings (SSSR count). The Kier molecular flexibility index (Phi) is 3.05. The molecular formula is C8H17NS. The second-order valence-corrected chi connectivity index (χ2v) is 5.00. The van der Waals surface area contributed by atoms with Crippen molar-refractivity contribution in [2.24, 2.45) is 5.73 Å². The highest BCUT2D eigenvalue weighted by molar-refractivity contribution is 8.00. The van der Waals surface area contributed by atoms with Crippen LogP contribution < -0.4 is 5.73 Å². The van der Waals surface area contributed by atoms with Crippen LogP contribution >= 0.6 is 11.8 Å². The first-order valence-electron chi connectivity index (χ1n) is 4.11. The summed E-state index contributed by atoms with van der Waals surface area (Å²) in [5.41, 5.74) is 5.69. The van der Waals surface area contributed by atoms with Crippen molar-refractivity contribution in [2.75, 3.05) is 12.3 Å². The van der Waals surface area contributed by atoms with Gasteiger partial charge in [-0.05, 0) is 25.5 Å². The van der Waals surface area contributed by atoms with E-state index < -0.39 is 0 Å². The van der Waals surface area contributed by atoms with Gasteiger partial charge in [-0.1, -0.05) is 12.8 Å². The van der Waals surface area contributed by atoms with Crippen molar-refractivity contribution in [2.45, 2.75) is 37.4 Å². The van der Waals surface area contributed by atoms with Gasteiger partial charge >= 0.3 is 0 Å². The molecule has 0 aromatic carbocycles. The maximum atomic E-state index is 5.69. The van der Waals surface area contributed by atoms with Gasteiger partial charge in [0.05, 0.1) is 0 Å². The van der Waals surface area contributed by atoms with Gasteiger partial charge in [-0.25, -0.2) is 0 Å². The third-order valence-electron chi connectivity index (χ3n) is 2.23. The lowest BCUT2D eigenvalue weighted by molar-refractivity contribution is 0.562. The molecule has 1 heterocycles. The molecule has 0 bridgehead atoms. The molecule has 0 amide bonds. The van der Waals surface area contributed by atoms with Crippen LogP contribution in [0.5, 0.6) is 0 Å². The minimum Gasteiger partial charge on any atom is -0.329 e. The molecule has 2 heteroatoms. The third kappa shape index (κ3) is 2.17. The van der Waals surface area contributed by atoms with E-state index in [1.54, 1.807) is 0 Å². The summed E-state index contributed by atoms with van der Waals surface area (Å²) in [4.78, 5) is 0. The quantitative estimate of drug-likeness (QED) is 0.633. The highest BCUT2D eigenvalue weighted by Gasteiger charge is 2.23. The summed E-state index contributed by atoms with van der Waals surface area (Å²) in [7, 11) is 0. The lowest BCUT2D eigenvalue weighted by atomic mass is 10.0. The van der Waals surface area contributed by atoms with Gasteiger partial charge in [-0.3, -0.25) is 0 Å². The smallest absolute Gasteiger partial charge is 0.0254 e. The molecule has 0 aromatic rings. The van der Waals surface area contributed by atoms with E-state index in [4.69, 9.17) is 5.73 Å². The SMILES string of the molecule is CC1(CN)CCCCCS1. The summed E-state index contributed by atoms with van der Waals surface area (Å²) in [6.45, 7) is 3.14. The molecule has 0 aliphatic carbocycles. The van der Waals surface area contributed by atoms with E-state index in [1.165, 1.54) is 31.4 Å². The Bertz CT molecular complexity index is 95.4. The zero-order valence-electron chi connectivity index (χ0n) is 6.73. The Labute approximate surface area is 67.8 Å². The fraction of sp³-hybridized carbons (Fsp3) is 1.00. The van der Waals surface area contributed by atoms with E-state index in [1.807, 2.05) is 0 Å². The van der Waals surface area contributed by atoms with E-state index in [-0.39, 0.29) is 0 Å². The Balaban J connectivity index is 2.41. The molecular weight excluding hydrogens is 142 g/mol. The molecule has 1 atom stereocenters. The molecule has 1 aliphatic rings. The summed E-state index contributed by atoms with van der Waals surface area (Å²) in [5, 5.41) is 0. The van der Waals surface area contributed by atoms with Crippen molar-refractivity contribution in [3.8, 4) is 0 Å². The van der Waals surface area contributed by atoms with Crippen molar-refractivity contribution >= 4 is 11.8 Å². The maximum absolute atomic E-state index is 5.69. The Morgan fingerprint density at radius 3 is 2.90 bits per heavy atom. The van der Waals surface area contributed by atoms with Gasteiger partial charge in [0.25, 0.3) is 0 Å². The van der Waals surface area contributed by atoms with Crippen molar-refractivity contribution in [1.82, 2.24) is 0 Å². The second kappa shape index (κ2) is 3.63. The summed E-state index contributed by atoms with van der Waals surface area (Å²) < 4.78 is 0.399. The van der Waals surface area contributed by atoms with E-state index in [0.717, 1.165) is 6.54 Å². The molecule has 0 spiro atoms. The molecule has 10 heavy (non-hydrogen) atoms. The van der Waals surface area contributed by atoms with Crippen molar-refractivity contribution < 1.29 is 0 Å². The number of thioether (sulfide) groups is 1. The largest absolute Gasteiger partial charge is 0.329 e. The Hall–Kier alpha value is 0.310. The molecule has 1 fully saturated rings. The fourth-order valence-electron chi connectivity index (χ4n) is 1.33. The zero-order valence-corrected chi connectivity index (χ0v) is 7.54. The lowest BCUT2D eigenvalue weighted by Gasteiger charge is -2.24. The van der Waals surface area contributed by atoms with E-state index in [9.17, 15) is 0 Å². The Morgan fingerprint density at radius 2 is 2.20 bits per heavy atom. The minimum absolute atomic E-state index is 0.399. The van der Waals surface area contributed by atoms with Crippen molar-refractivity contribution in [3.05, 3.63) is 0 Å². The molecule has 0 saturated carbocycles. The normalized spacial score (nSPS) is 35.4. The molecule has 1 unspecified atom stereocenters. The monoisotopic (exact) mass is 159 g/mol. The Morgan fingerprint density at radius 1 is 1.40 bits per heavy atom. The number of nitrogens with two attached hydrogens (primary N) is 1. The van der Waals surface area contributed by atoms with Crippen LogP contribution in [0.1, 0.15) is 32.6 Å². The topological polar surface area (TPSA) is 26.0 Å². The predicted octanol–water partition coefficient (Wildman–Crippen LogP) is 2.01. The van der Waals surface area contributed by atoms with Gasteiger partial charge in [0.2, 0.25) is 0 Å². The molecule has 0 radical (unpaired) electrons. The van der Waals surface area contributed by atoms with Crippen LogP contribution in [0.2, 0.25) is 0 Å². The van der Waals surface area contributed by atoms with Crippen LogP contribution in [0.3, 0.4) is 0 Å². The van der Waals surface area contributed by atoms with Crippen LogP contribution in [0.15, 0.2) is 0 Å². The average molecular weight is 159 g/mol. The standard InChI is InChI=1S/C8H17NS/c1-8(7-9)5-3-2-4-6-10-8/h2-7,9H2,1H3. The van der Waals surface area contributed by atoms with Crippen molar-refractivity contribution in [3.63, 3.8) is 0 Å². The van der Waals surface area contributed by atoms with E-state index >= 15 is 0 Å². The predicted molar refractivity (Wildman–Crippen MR) is 48.4 cm³/mol. The first-order chi connectivity index (χ1) is 4.77. The van der Waals surface area contributed by atoms with E-state index in [2.05, 4.69) is 18.7 Å². The summed E-state index contributed by atoms with van der Waals surface area (Å²) in [6.07, 6.45) is 5.48. The van der Waals surface area contributed by atoms with Gasteiger partial charge < -0.3 is 5.73 Å². The number of hydrogen-bond donors (Lipinski definition) is 1. The van der Waals surface area contributed by atoms with Gasteiger partial charge in [0.1, 0.15) is 0 Å². The molecule has 1 aliphatic heterocycles. The summed E-state index contributed by atoms with van der Waals surface area (Å²) >= 11 is 2.06. The first kappa shape index (κ1) is 8.41. The number of rotatable bonds is 1. The van der Waals surface area contributed by atoms with Crippen LogP contribution in [0.4, 0.5) is 0 Å². The summed E-state index contributed by atoms with van der Waals surface area (Å²) in [6, 6.07) is 0. The maximum Gasteiger partial charge on any atom is 0.0254 e. The number of hydrogen-bond acceptors (Lipinski definition) is 2. The van der Waals surface area contributed by atoms with Crippen LogP contribution in [0, 0.1) is 0 Å². The van der Waals surface area contributed by atoms with Crippen LogP contribution in [-0.4, -0.2) is 17.0 Å². The van der Waals surface area contributed by atoms with E-state index in [0.29, 0.717) is 4.75 Å². The van der Waals surface area contributed by atoms with Gasteiger partial charge in [-0.15, -0.1) is 0 Å². The first-order valence-corrected chi connectivity index (χ1v) is 5.09. The van der Waals surface area contributed by atoms with Crippen molar-refractivity contribution in [1.29, 1.82) is 0 Å². The lowest BCUT2D eigenvalue weighted by Crippen LogP contribution is -2.30. The minimum atomic E-state index is 0.399. The molecule has 0 aromatic heterocycles. The van der Waals surface area contributed by atoms with Gasteiger partial charge in [-0.2, -0.15) is 11.8 Å². The molecule has 1 nitrogen and oxygen atoms in total. The average Bonchev–Trinajstić information content (AvgIpc) is 2.15. The van der Waals surface area contributed by atoms with Gasteiger partial charge in [0.15, 0.2) is 0 Å². The fourth-order valence-corrected chi connectivity index (χ4v) is 2.58. The summed E-state index contributed by atoms with van der Waals surface area (Å²) in [5.74, 6) is 1.31. The third-order valence-corrected chi connectivity index (χ3v) is 3.79. The molecule has 60 valence electrons. The highest BCUT2D eigenvalue weighted by Crippen LogP contribution is 2.33. The zero-order chi connectivity index (χ0) is 7.45. The van der Waals surface area contributed by atoms with Crippen LogP contribution in [-0.2, 0) is 0 Å². The molecule has 1 saturated heterocycles. The molecule has 2 N–H and O–H groups in total. The van der Waals surface area contributed by atoms with Crippen LogP contribution in [0.25, 0.3) is 0 Å². The second-order valence-electron chi connectivity index (χ2n) is 3.31.